The van der Waals surface area contributed by atoms with Gasteiger partial charge in [-0.3, -0.25) is 9.59 Å². The summed E-state index contributed by atoms with van der Waals surface area (Å²) < 4.78 is 19.0. The van der Waals surface area contributed by atoms with Crippen molar-refractivity contribution in [3.63, 3.8) is 0 Å². The molecule has 0 bridgehead atoms. The van der Waals surface area contributed by atoms with Crippen LogP contribution in [0, 0.1) is 19.7 Å². The average molecular weight is 415 g/mol. The molecule has 0 spiro atoms. The Kier molecular flexibility index (Phi) is 8.39. The van der Waals surface area contributed by atoms with Crippen LogP contribution < -0.4 is 10.1 Å². The SMILES string of the molecule is CC[C@@H](C)NC(=O)[C@H](C)N(Cc1ccc(F)cc1)C(=O)COc1cccc(C)c1C. The molecule has 5 nitrogen and oxygen atoms in total. The van der Waals surface area contributed by atoms with Crippen LogP contribution in [-0.4, -0.2) is 35.4 Å². The molecule has 0 saturated carbocycles. The van der Waals surface area contributed by atoms with Crippen LogP contribution in [0.15, 0.2) is 42.5 Å². The van der Waals surface area contributed by atoms with Gasteiger partial charge in [0.1, 0.15) is 17.6 Å². The zero-order valence-electron chi connectivity index (χ0n) is 18.4. The number of hydrogen-bond acceptors (Lipinski definition) is 3. The number of aryl methyl sites for hydroxylation is 1. The first-order valence-electron chi connectivity index (χ1n) is 10.3. The van der Waals surface area contributed by atoms with Crippen molar-refractivity contribution in [2.24, 2.45) is 0 Å². The number of nitrogens with zero attached hydrogens (tertiary/aromatic N) is 1. The van der Waals surface area contributed by atoms with Crippen LogP contribution in [0.4, 0.5) is 4.39 Å². The van der Waals surface area contributed by atoms with Gasteiger partial charge >= 0.3 is 0 Å². The molecule has 2 aromatic carbocycles. The van der Waals surface area contributed by atoms with Gasteiger partial charge in [-0.2, -0.15) is 0 Å². The number of benzene rings is 2. The molecule has 0 aliphatic rings. The molecule has 2 rings (SSSR count). The molecule has 30 heavy (non-hydrogen) atoms. The van der Waals surface area contributed by atoms with E-state index in [1.165, 1.54) is 17.0 Å². The summed E-state index contributed by atoms with van der Waals surface area (Å²) in [6.45, 7) is 9.50. The van der Waals surface area contributed by atoms with E-state index in [2.05, 4.69) is 5.32 Å². The van der Waals surface area contributed by atoms with Crippen LogP contribution >= 0.6 is 0 Å². The van der Waals surface area contributed by atoms with Gasteiger partial charge in [-0.05, 0) is 69.0 Å². The van der Waals surface area contributed by atoms with E-state index in [1.54, 1.807) is 19.1 Å². The Morgan fingerprint density at radius 3 is 2.40 bits per heavy atom. The molecule has 0 saturated heterocycles. The molecule has 0 radical (unpaired) electrons. The molecule has 1 N–H and O–H groups in total. The first-order chi connectivity index (χ1) is 14.2. The molecular formula is C24H31FN2O3. The van der Waals surface area contributed by atoms with E-state index in [1.807, 2.05) is 45.9 Å². The highest BCUT2D eigenvalue weighted by molar-refractivity contribution is 5.88. The smallest absolute Gasteiger partial charge is 0.261 e. The number of carbonyl (C=O) groups excluding carboxylic acids is 2. The minimum absolute atomic E-state index is 0.00826. The maximum atomic E-state index is 13.3. The lowest BCUT2D eigenvalue weighted by molar-refractivity contribution is -0.142. The summed E-state index contributed by atoms with van der Waals surface area (Å²) in [4.78, 5) is 27.2. The van der Waals surface area contributed by atoms with Crippen molar-refractivity contribution in [1.82, 2.24) is 10.2 Å². The highest BCUT2D eigenvalue weighted by atomic mass is 19.1. The number of nitrogens with one attached hydrogen (secondary N) is 1. The van der Waals surface area contributed by atoms with Crippen molar-refractivity contribution in [1.29, 1.82) is 0 Å². The first-order valence-corrected chi connectivity index (χ1v) is 10.3. The maximum Gasteiger partial charge on any atom is 0.261 e. The minimum atomic E-state index is -0.696. The highest BCUT2D eigenvalue weighted by Crippen LogP contribution is 2.21. The Hall–Kier alpha value is -2.89. The van der Waals surface area contributed by atoms with E-state index in [0.717, 1.165) is 23.1 Å². The molecule has 0 aliphatic carbocycles. The lowest BCUT2D eigenvalue weighted by atomic mass is 10.1. The second-order valence-electron chi connectivity index (χ2n) is 7.63. The van der Waals surface area contributed by atoms with Crippen LogP contribution in [0.1, 0.15) is 43.9 Å². The number of ether oxygens (including phenoxy) is 1. The van der Waals surface area contributed by atoms with Gasteiger partial charge in [0.2, 0.25) is 5.91 Å². The largest absolute Gasteiger partial charge is 0.483 e. The molecule has 0 heterocycles. The van der Waals surface area contributed by atoms with Crippen molar-refractivity contribution >= 4 is 11.8 Å². The van der Waals surface area contributed by atoms with E-state index < -0.39 is 6.04 Å². The summed E-state index contributed by atoms with van der Waals surface area (Å²) in [5.41, 5.74) is 2.78. The van der Waals surface area contributed by atoms with Gasteiger partial charge in [-0.25, -0.2) is 4.39 Å². The van der Waals surface area contributed by atoms with Crippen molar-refractivity contribution in [3.05, 3.63) is 65.0 Å². The third-order valence-corrected chi connectivity index (χ3v) is 5.34. The van der Waals surface area contributed by atoms with E-state index in [-0.39, 0.29) is 36.8 Å². The second-order valence-corrected chi connectivity index (χ2v) is 7.63. The summed E-state index contributed by atoms with van der Waals surface area (Å²) >= 11 is 0. The lowest BCUT2D eigenvalue weighted by Gasteiger charge is -2.29. The molecular weight excluding hydrogens is 383 g/mol. The third kappa shape index (κ3) is 6.31. The van der Waals surface area contributed by atoms with Gasteiger partial charge in [0.15, 0.2) is 6.61 Å². The summed E-state index contributed by atoms with van der Waals surface area (Å²) in [6.07, 6.45) is 0.792. The Bertz CT molecular complexity index is 867. The molecule has 162 valence electrons. The lowest BCUT2D eigenvalue weighted by Crippen LogP contribution is -2.50. The van der Waals surface area contributed by atoms with Crippen molar-refractivity contribution in [2.75, 3.05) is 6.61 Å². The van der Waals surface area contributed by atoms with Crippen molar-refractivity contribution in [2.45, 2.75) is 59.7 Å². The van der Waals surface area contributed by atoms with Gasteiger partial charge in [0, 0.05) is 12.6 Å². The predicted molar refractivity (Wildman–Crippen MR) is 116 cm³/mol. The molecule has 0 aromatic heterocycles. The second kappa shape index (κ2) is 10.8. The van der Waals surface area contributed by atoms with E-state index in [4.69, 9.17) is 4.74 Å². The van der Waals surface area contributed by atoms with E-state index in [9.17, 15) is 14.0 Å². The Labute approximate surface area is 178 Å². The van der Waals surface area contributed by atoms with Crippen LogP contribution in [0.25, 0.3) is 0 Å². The monoisotopic (exact) mass is 414 g/mol. The molecule has 2 aromatic rings. The number of carbonyl (C=O) groups is 2. The van der Waals surface area contributed by atoms with Gasteiger partial charge < -0.3 is 15.0 Å². The van der Waals surface area contributed by atoms with Crippen LogP contribution in [0.2, 0.25) is 0 Å². The fourth-order valence-electron chi connectivity index (χ4n) is 2.94. The van der Waals surface area contributed by atoms with Crippen molar-refractivity contribution < 1.29 is 18.7 Å². The Balaban J connectivity index is 2.17. The zero-order valence-corrected chi connectivity index (χ0v) is 18.4. The fraction of sp³-hybridized carbons (Fsp3) is 0.417. The first kappa shape index (κ1) is 23.4. The summed E-state index contributed by atoms with van der Waals surface area (Å²) in [5.74, 6) is -0.252. The highest BCUT2D eigenvalue weighted by Gasteiger charge is 2.27. The Morgan fingerprint density at radius 2 is 1.77 bits per heavy atom. The number of amides is 2. The quantitative estimate of drug-likeness (QED) is 0.671. The predicted octanol–water partition coefficient (Wildman–Crippen LogP) is 4.15. The molecule has 2 atom stereocenters. The van der Waals surface area contributed by atoms with Crippen LogP contribution in [-0.2, 0) is 16.1 Å². The summed E-state index contributed by atoms with van der Waals surface area (Å²) in [5, 5.41) is 2.92. The topological polar surface area (TPSA) is 58.6 Å². The number of halogens is 1. The normalized spacial score (nSPS) is 12.7. The van der Waals surface area contributed by atoms with Gasteiger partial charge in [-0.1, -0.05) is 31.2 Å². The molecule has 0 aliphatic heterocycles. The standard InChI is InChI=1S/C24H31FN2O3/c1-6-17(3)26-24(29)19(5)27(14-20-10-12-21(25)13-11-20)23(28)15-30-22-9-7-8-16(2)18(22)4/h7-13,17,19H,6,14-15H2,1-5H3,(H,26,29)/t17-,19+/m1/s1. The van der Waals surface area contributed by atoms with Gasteiger partial charge in [0.25, 0.3) is 5.91 Å². The Morgan fingerprint density at radius 1 is 1.10 bits per heavy atom. The van der Waals surface area contributed by atoms with Gasteiger partial charge in [-0.15, -0.1) is 0 Å². The molecule has 6 heteroatoms. The summed E-state index contributed by atoms with van der Waals surface area (Å²) in [6, 6.07) is 10.9. The molecule has 0 fully saturated rings. The van der Waals surface area contributed by atoms with Crippen molar-refractivity contribution in [3.8, 4) is 5.75 Å². The summed E-state index contributed by atoms with van der Waals surface area (Å²) in [7, 11) is 0. The van der Waals surface area contributed by atoms with Crippen LogP contribution in [0.3, 0.4) is 0 Å². The molecule has 2 amide bonds. The van der Waals surface area contributed by atoms with Gasteiger partial charge in [0.05, 0.1) is 0 Å². The zero-order chi connectivity index (χ0) is 22.3. The fourth-order valence-corrected chi connectivity index (χ4v) is 2.94. The van der Waals surface area contributed by atoms with E-state index >= 15 is 0 Å². The van der Waals surface area contributed by atoms with E-state index in [0.29, 0.717) is 5.75 Å². The average Bonchev–Trinajstić information content (AvgIpc) is 2.73. The third-order valence-electron chi connectivity index (χ3n) is 5.34. The number of hydrogen-bond donors (Lipinski definition) is 1. The minimum Gasteiger partial charge on any atom is -0.483 e. The van der Waals surface area contributed by atoms with Crippen LogP contribution in [0.5, 0.6) is 5.75 Å². The number of rotatable bonds is 9. The molecule has 0 unspecified atom stereocenters. The maximum absolute atomic E-state index is 13.3.